The lowest BCUT2D eigenvalue weighted by molar-refractivity contribution is 0.196. The molecule has 1 aliphatic rings. The van der Waals surface area contributed by atoms with E-state index in [0.29, 0.717) is 6.54 Å². The predicted molar refractivity (Wildman–Crippen MR) is 41.3 cm³/mol. The van der Waals surface area contributed by atoms with Gasteiger partial charge in [0, 0.05) is 19.1 Å². The third-order valence-electron chi connectivity index (χ3n) is 1.92. The fourth-order valence-electron chi connectivity index (χ4n) is 1.21. The van der Waals surface area contributed by atoms with Gasteiger partial charge >= 0.3 is 6.03 Å². The van der Waals surface area contributed by atoms with Crippen LogP contribution in [0.1, 0.15) is 13.3 Å². The van der Waals surface area contributed by atoms with Gasteiger partial charge in [0.05, 0.1) is 6.61 Å². The summed E-state index contributed by atoms with van der Waals surface area (Å²) in [5.41, 5.74) is 0. The van der Waals surface area contributed by atoms with E-state index in [9.17, 15) is 4.79 Å². The number of urea groups is 1. The molecular weight excluding hydrogens is 144 g/mol. The molecule has 1 rings (SSSR count). The highest BCUT2D eigenvalue weighted by Crippen LogP contribution is 2.05. The van der Waals surface area contributed by atoms with Crippen molar-refractivity contribution in [2.45, 2.75) is 19.4 Å². The maximum atomic E-state index is 11.0. The van der Waals surface area contributed by atoms with Gasteiger partial charge in [-0.1, -0.05) is 6.92 Å². The Kier molecular flexibility index (Phi) is 2.70. The lowest BCUT2D eigenvalue weighted by atomic mass is 10.2. The van der Waals surface area contributed by atoms with Gasteiger partial charge in [-0.15, -0.1) is 0 Å². The van der Waals surface area contributed by atoms with Gasteiger partial charge in [0.1, 0.15) is 0 Å². The summed E-state index contributed by atoms with van der Waals surface area (Å²) in [5, 5.41) is 11.4. The van der Waals surface area contributed by atoms with Crippen molar-refractivity contribution < 1.29 is 9.90 Å². The Morgan fingerprint density at radius 1 is 1.82 bits per heavy atom. The van der Waals surface area contributed by atoms with Crippen LogP contribution in [-0.2, 0) is 0 Å². The van der Waals surface area contributed by atoms with Gasteiger partial charge in [0.15, 0.2) is 0 Å². The van der Waals surface area contributed by atoms with Crippen LogP contribution in [0.5, 0.6) is 0 Å². The summed E-state index contributed by atoms with van der Waals surface area (Å²) in [6.45, 7) is 3.26. The summed E-state index contributed by atoms with van der Waals surface area (Å²) in [5.74, 6) is 0. The van der Waals surface area contributed by atoms with E-state index in [4.69, 9.17) is 5.11 Å². The molecule has 1 unspecified atom stereocenters. The van der Waals surface area contributed by atoms with Crippen LogP contribution in [0.25, 0.3) is 0 Å². The largest absolute Gasteiger partial charge is 0.395 e. The molecule has 1 heterocycles. The summed E-state index contributed by atoms with van der Waals surface area (Å²) >= 11 is 0. The molecule has 1 fully saturated rings. The number of hydrogen-bond acceptors (Lipinski definition) is 2. The Morgan fingerprint density at radius 2 is 2.55 bits per heavy atom. The summed E-state index contributed by atoms with van der Waals surface area (Å²) in [4.78, 5) is 12.7. The molecule has 2 amide bonds. The van der Waals surface area contributed by atoms with Crippen LogP contribution in [0, 0.1) is 0 Å². The van der Waals surface area contributed by atoms with E-state index < -0.39 is 0 Å². The second-order valence-corrected chi connectivity index (χ2v) is 2.72. The number of aliphatic hydroxyl groups is 1. The van der Waals surface area contributed by atoms with Gasteiger partial charge in [-0.25, -0.2) is 4.79 Å². The number of nitrogens with zero attached hydrogens (tertiary/aromatic N) is 1. The molecule has 4 nitrogen and oxygen atoms in total. The van der Waals surface area contributed by atoms with Crippen molar-refractivity contribution in [3.8, 4) is 0 Å². The zero-order valence-corrected chi connectivity index (χ0v) is 6.71. The molecule has 0 bridgehead atoms. The molecule has 1 saturated heterocycles. The van der Waals surface area contributed by atoms with Crippen molar-refractivity contribution in [1.82, 2.24) is 10.2 Å². The number of hydrogen-bond donors (Lipinski definition) is 2. The van der Waals surface area contributed by atoms with Crippen LogP contribution in [0.3, 0.4) is 0 Å². The molecule has 0 spiro atoms. The first-order valence-corrected chi connectivity index (χ1v) is 3.94. The zero-order valence-electron chi connectivity index (χ0n) is 6.71. The molecule has 1 aliphatic heterocycles. The summed E-state index contributed by atoms with van der Waals surface area (Å²) in [6.07, 6.45) is 0.952. The van der Waals surface area contributed by atoms with Gasteiger partial charge in [0.2, 0.25) is 0 Å². The molecule has 0 aromatic heterocycles. The monoisotopic (exact) mass is 158 g/mol. The first-order chi connectivity index (χ1) is 5.27. The van der Waals surface area contributed by atoms with Gasteiger partial charge in [-0.3, -0.25) is 0 Å². The van der Waals surface area contributed by atoms with Crippen LogP contribution in [0.15, 0.2) is 0 Å². The first-order valence-electron chi connectivity index (χ1n) is 3.94. The van der Waals surface area contributed by atoms with E-state index in [0.717, 1.165) is 13.0 Å². The zero-order chi connectivity index (χ0) is 8.27. The van der Waals surface area contributed by atoms with Crippen LogP contribution in [0.4, 0.5) is 4.79 Å². The van der Waals surface area contributed by atoms with Crippen LogP contribution >= 0.6 is 0 Å². The summed E-state index contributed by atoms with van der Waals surface area (Å²) < 4.78 is 0. The highest BCUT2D eigenvalue weighted by Gasteiger charge is 2.26. The van der Waals surface area contributed by atoms with Crippen molar-refractivity contribution in [3.63, 3.8) is 0 Å². The van der Waals surface area contributed by atoms with E-state index in [1.165, 1.54) is 0 Å². The van der Waals surface area contributed by atoms with Gasteiger partial charge in [0.25, 0.3) is 0 Å². The van der Waals surface area contributed by atoms with E-state index in [1.807, 2.05) is 6.92 Å². The normalized spacial score (nSPS) is 24.0. The summed E-state index contributed by atoms with van der Waals surface area (Å²) in [7, 11) is 0. The van der Waals surface area contributed by atoms with Gasteiger partial charge < -0.3 is 15.3 Å². The molecule has 1 atom stereocenters. The average Bonchev–Trinajstić information content (AvgIpc) is 2.33. The standard InChI is InChI=1S/C7H14N2O2/c1-2-6-5-9(3-4-10)7(11)8-6/h6,10H,2-5H2,1H3,(H,8,11). The van der Waals surface area contributed by atoms with E-state index in [1.54, 1.807) is 4.90 Å². The van der Waals surface area contributed by atoms with Crippen LogP contribution in [-0.4, -0.2) is 41.8 Å². The van der Waals surface area contributed by atoms with E-state index >= 15 is 0 Å². The highest BCUT2D eigenvalue weighted by molar-refractivity contribution is 5.76. The average molecular weight is 158 g/mol. The molecular formula is C7H14N2O2. The molecule has 0 saturated carbocycles. The Morgan fingerprint density at radius 3 is 3.00 bits per heavy atom. The Balaban J connectivity index is 2.38. The minimum atomic E-state index is -0.0501. The van der Waals surface area contributed by atoms with E-state index in [2.05, 4.69) is 5.32 Å². The fourth-order valence-corrected chi connectivity index (χ4v) is 1.21. The Labute approximate surface area is 66.2 Å². The smallest absolute Gasteiger partial charge is 0.317 e. The molecule has 0 radical (unpaired) electrons. The highest BCUT2D eigenvalue weighted by atomic mass is 16.3. The third kappa shape index (κ3) is 1.83. The molecule has 64 valence electrons. The SMILES string of the molecule is CCC1CN(CCO)C(=O)N1. The lowest BCUT2D eigenvalue weighted by Gasteiger charge is -2.11. The van der Waals surface area contributed by atoms with Crippen molar-refractivity contribution in [2.24, 2.45) is 0 Å². The molecule has 4 heteroatoms. The molecule has 0 aliphatic carbocycles. The number of β-amino-alcohol motifs (C(OH)–C–C–N with tert-alkyl or cyclic N) is 1. The second kappa shape index (κ2) is 3.57. The number of amides is 2. The molecule has 0 aromatic carbocycles. The lowest BCUT2D eigenvalue weighted by Crippen LogP contribution is -2.30. The van der Waals surface area contributed by atoms with Crippen LogP contribution in [0.2, 0.25) is 0 Å². The van der Waals surface area contributed by atoms with Gasteiger partial charge in [-0.2, -0.15) is 0 Å². The van der Waals surface area contributed by atoms with Crippen LogP contribution < -0.4 is 5.32 Å². The third-order valence-corrected chi connectivity index (χ3v) is 1.92. The summed E-state index contributed by atoms with van der Waals surface area (Å²) in [6, 6.07) is 0.222. The minimum absolute atomic E-state index is 0.0455. The van der Waals surface area contributed by atoms with Crippen molar-refractivity contribution in [3.05, 3.63) is 0 Å². The maximum absolute atomic E-state index is 11.0. The number of carbonyl (C=O) groups excluding carboxylic acids is 1. The van der Waals surface area contributed by atoms with Crippen molar-refractivity contribution in [1.29, 1.82) is 0 Å². The second-order valence-electron chi connectivity index (χ2n) is 2.72. The molecule has 11 heavy (non-hydrogen) atoms. The number of aliphatic hydroxyl groups excluding tert-OH is 1. The quantitative estimate of drug-likeness (QED) is 0.596. The van der Waals surface area contributed by atoms with Crippen molar-refractivity contribution in [2.75, 3.05) is 19.7 Å². The van der Waals surface area contributed by atoms with E-state index in [-0.39, 0.29) is 18.7 Å². The number of nitrogens with one attached hydrogen (secondary N) is 1. The predicted octanol–water partition coefficient (Wildman–Crippen LogP) is -0.217. The minimum Gasteiger partial charge on any atom is -0.395 e. The van der Waals surface area contributed by atoms with Crippen molar-refractivity contribution >= 4 is 6.03 Å². The Bertz CT molecular complexity index is 149. The maximum Gasteiger partial charge on any atom is 0.317 e. The fraction of sp³-hybridized carbons (Fsp3) is 0.857. The number of rotatable bonds is 3. The Hall–Kier alpha value is -0.770. The van der Waals surface area contributed by atoms with Gasteiger partial charge in [-0.05, 0) is 6.42 Å². The first kappa shape index (κ1) is 8.33. The topological polar surface area (TPSA) is 52.6 Å². The number of carbonyl (C=O) groups is 1. The molecule has 2 N–H and O–H groups in total. The molecule has 0 aromatic rings.